The number of pyridine rings is 2. The standard InChI is InChI=1S/C22H29N9O/c1-2-24-22(27-14-19-29-28-18-9-3-4-12-31(18)19)26-13-16-7-5-10-25-21(16)30-11-6-8-17(15-30)20(23)32/h3-5,7,9-10,12,17H,2,6,8,11,13-15H2,1H3,(H2,23,32)(H2,24,26,27). The summed E-state index contributed by atoms with van der Waals surface area (Å²) < 4.78 is 1.95. The van der Waals surface area contributed by atoms with Crippen molar-refractivity contribution in [2.75, 3.05) is 24.5 Å². The van der Waals surface area contributed by atoms with E-state index in [0.717, 1.165) is 48.8 Å². The highest BCUT2D eigenvalue weighted by atomic mass is 16.1. The smallest absolute Gasteiger partial charge is 0.222 e. The summed E-state index contributed by atoms with van der Waals surface area (Å²) in [5.41, 5.74) is 7.36. The number of aromatic nitrogens is 4. The first-order valence-corrected chi connectivity index (χ1v) is 10.9. The molecule has 3 aromatic rings. The molecular formula is C22H29N9O. The van der Waals surface area contributed by atoms with Crippen LogP contribution < -0.4 is 21.3 Å². The summed E-state index contributed by atoms with van der Waals surface area (Å²) in [4.78, 5) is 23.2. The molecule has 0 radical (unpaired) electrons. The third-order valence-corrected chi connectivity index (χ3v) is 5.54. The van der Waals surface area contributed by atoms with Crippen molar-refractivity contribution in [3.8, 4) is 0 Å². The Kier molecular flexibility index (Phi) is 6.78. The summed E-state index contributed by atoms with van der Waals surface area (Å²) in [6, 6.07) is 9.74. The van der Waals surface area contributed by atoms with Crippen LogP contribution in [0.25, 0.3) is 5.65 Å². The Morgan fingerprint density at radius 1 is 1.25 bits per heavy atom. The quantitative estimate of drug-likeness (QED) is 0.374. The van der Waals surface area contributed by atoms with Crippen molar-refractivity contribution in [3.63, 3.8) is 0 Å². The minimum Gasteiger partial charge on any atom is -0.369 e. The third kappa shape index (κ3) is 4.96. The molecule has 4 N–H and O–H groups in total. The van der Waals surface area contributed by atoms with Crippen LogP contribution in [0.4, 0.5) is 5.82 Å². The molecule has 32 heavy (non-hydrogen) atoms. The van der Waals surface area contributed by atoms with Crippen molar-refractivity contribution in [2.24, 2.45) is 16.6 Å². The SMILES string of the molecule is CCNC(=NCc1cccnc1N1CCCC(C(N)=O)C1)NCc1nnc2ccccn12. The molecule has 1 unspecified atom stereocenters. The number of nitrogens with two attached hydrogens (primary N) is 1. The largest absolute Gasteiger partial charge is 0.369 e. The highest BCUT2D eigenvalue weighted by molar-refractivity contribution is 5.80. The van der Waals surface area contributed by atoms with E-state index in [4.69, 9.17) is 10.7 Å². The Bertz CT molecular complexity index is 1090. The summed E-state index contributed by atoms with van der Waals surface area (Å²) >= 11 is 0. The fourth-order valence-corrected chi connectivity index (χ4v) is 3.92. The minimum absolute atomic E-state index is 0.140. The van der Waals surface area contributed by atoms with E-state index in [0.29, 0.717) is 25.6 Å². The van der Waals surface area contributed by atoms with Crippen LogP contribution in [0.15, 0.2) is 47.7 Å². The summed E-state index contributed by atoms with van der Waals surface area (Å²) in [5.74, 6) is 1.97. The van der Waals surface area contributed by atoms with Gasteiger partial charge in [-0.1, -0.05) is 12.1 Å². The molecule has 4 rings (SSSR count). The van der Waals surface area contributed by atoms with Crippen molar-refractivity contribution in [1.29, 1.82) is 0 Å². The average Bonchev–Trinajstić information content (AvgIpc) is 3.24. The zero-order chi connectivity index (χ0) is 22.3. The molecule has 1 amide bonds. The lowest BCUT2D eigenvalue weighted by molar-refractivity contribution is -0.122. The number of hydrogen-bond donors (Lipinski definition) is 3. The zero-order valence-electron chi connectivity index (χ0n) is 18.2. The number of rotatable bonds is 7. The summed E-state index contributed by atoms with van der Waals surface area (Å²) in [5, 5.41) is 15.0. The van der Waals surface area contributed by atoms with Gasteiger partial charge < -0.3 is 21.3 Å². The number of aliphatic imine (C=N–C) groups is 1. The molecule has 1 atom stereocenters. The molecule has 0 spiro atoms. The summed E-state index contributed by atoms with van der Waals surface area (Å²) in [6.07, 6.45) is 5.47. The number of piperidine rings is 1. The maximum atomic E-state index is 11.7. The van der Waals surface area contributed by atoms with Crippen LogP contribution in [0.1, 0.15) is 31.2 Å². The van der Waals surface area contributed by atoms with Gasteiger partial charge in [-0.05, 0) is 38.0 Å². The van der Waals surface area contributed by atoms with Crippen molar-refractivity contribution in [3.05, 3.63) is 54.1 Å². The van der Waals surface area contributed by atoms with Gasteiger partial charge in [-0.25, -0.2) is 9.98 Å². The lowest BCUT2D eigenvalue weighted by atomic mass is 9.97. The van der Waals surface area contributed by atoms with Crippen molar-refractivity contribution in [2.45, 2.75) is 32.9 Å². The summed E-state index contributed by atoms with van der Waals surface area (Å²) in [6.45, 7) is 5.16. The molecule has 1 aliphatic heterocycles. The van der Waals surface area contributed by atoms with Gasteiger partial charge in [0.05, 0.1) is 19.0 Å². The van der Waals surface area contributed by atoms with Gasteiger partial charge in [0.15, 0.2) is 17.4 Å². The van der Waals surface area contributed by atoms with Gasteiger partial charge >= 0.3 is 0 Å². The second-order valence-electron chi connectivity index (χ2n) is 7.77. The maximum Gasteiger partial charge on any atom is 0.222 e. The maximum absolute atomic E-state index is 11.7. The number of hydrogen-bond acceptors (Lipinski definition) is 6. The zero-order valence-corrected chi connectivity index (χ0v) is 18.2. The van der Waals surface area contributed by atoms with Crippen LogP contribution >= 0.6 is 0 Å². The normalized spacial score (nSPS) is 16.8. The van der Waals surface area contributed by atoms with E-state index in [1.54, 1.807) is 6.20 Å². The van der Waals surface area contributed by atoms with E-state index >= 15 is 0 Å². The van der Waals surface area contributed by atoms with E-state index in [1.165, 1.54) is 0 Å². The van der Waals surface area contributed by atoms with Gasteiger partial charge in [0.25, 0.3) is 0 Å². The number of anilines is 1. The Morgan fingerprint density at radius 3 is 3.00 bits per heavy atom. The first-order chi connectivity index (χ1) is 15.7. The van der Waals surface area contributed by atoms with Crippen LogP contribution in [0.3, 0.4) is 0 Å². The number of guanidine groups is 1. The molecule has 0 bridgehead atoms. The molecule has 1 fully saturated rings. The predicted octanol–water partition coefficient (Wildman–Crippen LogP) is 1.08. The second-order valence-corrected chi connectivity index (χ2v) is 7.77. The molecule has 0 aliphatic carbocycles. The lowest BCUT2D eigenvalue weighted by Gasteiger charge is -2.33. The van der Waals surface area contributed by atoms with Gasteiger partial charge in [-0.15, -0.1) is 10.2 Å². The van der Waals surface area contributed by atoms with Crippen LogP contribution in [0, 0.1) is 5.92 Å². The van der Waals surface area contributed by atoms with Crippen molar-refractivity contribution >= 4 is 23.3 Å². The first kappa shape index (κ1) is 21.5. The number of carbonyl (C=O) groups is 1. The minimum atomic E-state index is -0.246. The number of nitrogens with one attached hydrogen (secondary N) is 2. The van der Waals surface area contributed by atoms with Gasteiger partial charge in [-0.3, -0.25) is 9.20 Å². The highest BCUT2D eigenvalue weighted by Gasteiger charge is 2.25. The van der Waals surface area contributed by atoms with Crippen LogP contribution in [-0.2, 0) is 17.9 Å². The Hall–Kier alpha value is -3.69. The number of primary amides is 1. The molecule has 0 aromatic carbocycles. The first-order valence-electron chi connectivity index (χ1n) is 10.9. The molecule has 1 aliphatic rings. The van der Waals surface area contributed by atoms with Gasteiger partial charge in [0.1, 0.15) is 5.82 Å². The van der Waals surface area contributed by atoms with Crippen molar-refractivity contribution < 1.29 is 4.79 Å². The fraction of sp³-hybridized carbons (Fsp3) is 0.409. The Morgan fingerprint density at radius 2 is 2.16 bits per heavy atom. The monoisotopic (exact) mass is 435 g/mol. The molecular weight excluding hydrogens is 406 g/mol. The van der Waals surface area contributed by atoms with Crippen LogP contribution in [-0.4, -0.2) is 51.1 Å². The third-order valence-electron chi connectivity index (χ3n) is 5.54. The molecule has 10 nitrogen and oxygen atoms in total. The molecule has 0 saturated carbocycles. The fourth-order valence-electron chi connectivity index (χ4n) is 3.92. The molecule has 4 heterocycles. The average molecular weight is 436 g/mol. The highest BCUT2D eigenvalue weighted by Crippen LogP contribution is 2.25. The molecule has 3 aromatic heterocycles. The second kappa shape index (κ2) is 10.1. The van der Waals surface area contributed by atoms with E-state index < -0.39 is 0 Å². The van der Waals surface area contributed by atoms with Gasteiger partial charge in [0, 0.05) is 37.6 Å². The molecule has 10 heteroatoms. The predicted molar refractivity (Wildman–Crippen MR) is 123 cm³/mol. The number of fused-ring (bicyclic) bond motifs is 1. The van der Waals surface area contributed by atoms with Crippen LogP contribution in [0.2, 0.25) is 0 Å². The van der Waals surface area contributed by atoms with E-state index in [-0.39, 0.29) is 11.8 Å². The van der Waals surface area contributed by atoms with E-state index in [1.807, 2.05) is 47.9 Å². The molecule has 168 valence electrons. The number of amides is 1. The van der Waals surface area contributed by atoms with Crippen LogP contribution in [0.5, 0.6) is 0 Å². The van der Waals surface area contributed by atoms with E-state index in [9.17, 15) is 4.79 Å². The number of nitrogens with zero attached hydrogens (tertiary/aromatic N) is 6. The Labute approximate surface area is 186 Å². The molecule has 1 saturated heterocycles. The Balaban J connectivity index is 1.47. The topological polar surface area (TPSA) is 126 Å². The van der Waals surface area contributed by atoms with Gasteiger partial charge in [0.2, 0.25) is 5.91 Å². The lowest BCUT2D eigenvalue weighted by Crippen LogP contribution is -2.42. The number of carbonyl (C=O) groups excluding carboxylic acids is 1. The van der Waals surface area contributed by atoms with Gasteiger partial charge in [-0.2, -0.15) is 0 Å². The van der Waals surface area contributed by atoms with Crippen molar-refractivity contribution in [1.82, 2.24) is 30.2 Å². The van der Waals surface area contributed by atoms with E-state index in [2.05, 4.69) is 30.7 Å². The summed E-state index contributed by atoms with van der Waals surface area (Å²) in [7, 11) is 0.